The fraction of sp³-hybridized carbons (Fsp3) is 0.364. The van der Waals surface area contributed by atoms with E-state index in [4.69, 9.17) is 0 Å². The molecule has 0 amide bonds. The van der Waals surface area contributed by atoms with Crippen LogP contribution in [0.2, 0.25) is 0 Å². The van der Waals surface area contributed by atoms with Gasteiger partial charge in [-0.25, -0.2) is 4.39 Å². The van der Waals surface area contributed by atoms with Crippen molar-refractivity contribution in [1.29, 1.82) is 0 Å². The molecule has 0 radical (unpaired) electrons. The number of halogens is 1. The van der Waals surface area contributed by atoms with Gasteiger partial charge in [-0.15, -0.1) is 0 Å². The van der Waals surface area contributed by atoms with Gasteiger partial charge in [0.15, 0.2) is 5.78 Å². The molecule has 0 aliphatic carbocycles. The molecule has 1 heterocycles. The van der Waals surface area contributed by atoms with Crippen molar-refractivity contribution in [2.45, 2.75) is 12.5 Å². The van der Waals surface area contributed by atoms with E-state index >= 15 is 0 Å². The van der Waals surface area contributed by atoms with Crippen LogP contribution in [0, 0.1) is 5.82 Å². The average Bonchev–Trinajstić information content (AvgIpc) is 2.49. The number of hydrogen-bond acceptors (Lipinski definition) is 2. The third-order valence-corrected chi connectivity index (χ3v) is 2.64. The number of rotatable bonds is 1. The Labute approximate surface area is 82.3 Å². The molecule has 3 heteroatoms. The number of carbonyl (C=O) groups is 1. The second kappa shape index (κ2) is 3.50. The lowest BCUT2D eigenvalue weighted by Gasteiger charge is -2.17. The van der Waals surface area contributed by atoms with Crippen LogP contribution in [0.15, 0.2) is 24.3 Å². The lowest BCUT2D eigenvalue weighted by molar-refractivity contribution is -0.119. The summed E-state index contributed by atoms with van der Waals surface area (Å²) in [6.45, 7) is 0.793. The summed E-state index contributed by atoms with van der Waals surface area (Å²) in [5.41, 5.74) is 0.886. The molecule has 1 fully saturated rings. The van der Waals surface area contributed by atoms with Crippen molar-refractivity contribution in [3.63, 3.8) is 0 Å². The summed E-state index contributed by atoms with van der Waals surface area (Å²) in [5.74, 6) is -0.0408. The molecule has 1 atom stereocenters. The normalized spacial score (nSPS) is 23.0. The monoisotopic (exact) mass is 193 g/mol. The van der Waals surface area contributed by atoms with Gasteiger partial charge in [-0.3, -0.25) is 9.69 Å². The molecular formula is C11H12FNO. The predicted molar refractivity (Wildman–Crippen MR) is 51.4 cm³/mol. The van der Waals surface area contributed by atoms with Gasteiger partial charge < -0.3 is 0 Å². The molecule has 0 bridgehead atoms. The molecule has 0 spiro atoms. The predicted octanol–water partition coefficient (Wildman–Crippen LogP) is 1.77. The van der Waals surface area contributed by atoms with Crippen LogP contribution >= 0.6 is 0 Å². The number of likely N-dealkylation sites (tertiary alicyclic amines) is 1. The number of hydrogen-bond donors (Lipinski definition) is 0. The number of nitrogens with zero attached hydrogens (tertiary/aromatic N) is 1. The molecule has 0 aromatic heterocycles. The standard InChI is InChI=1S/C11H12FNO/c1-13-7-6-10(14)11(13)8-2-4-9(12)5-3-8/h2-5,11H,6-7H2,1H3. The lowest BCUT2D eigenvalue weighted by atomic mass is 10.0. The van der Waals surface area contributed by atoms with Crippen molar-refractivity contribution >= 4 is 5.78 Å². The maximum Gasteiger partial charge on any atom is 0.155 e. The minimum atomic E-state index is -0.262. The molecule has 0 saturated carbocycles. The highest BCUT2D eigenvalue weighted by atomic mass is 19.1. The van der Waals surface area contributed by atoms with Crippen LogP contribution in [-0.2, 0) is 4.79 Å². The molecule has 1 unspecified atom stereocenters. The number of carbonyl (C=O) groups excluding carboxylic acids is 1. The number of benzene rings is 1. The highest BCUT2D eigenvalue weighted by molar-refractivity contribution is 5.87. The van der Waals surface area contributed by atoms with E-state index in [0.717, 1.165) is 12.1 Å². The summed E-state index contributed by atoms with van der Waals surface area (Å²) in [5, 5.41) is 0. The summed E-state index contributed by atoms with van der Waals surface area (Å²) >= 11 is 0. The minimum Gasteiger partial charge on any atom is -0.297 e. The minimum absolute atomic E-state index is 0.171. The molecular weight excluding hydrogens is 181 g/mol. The maximum atomic E-state index is 12.7. The molecule has 74 valence electrons. The van der Waals surface area contributed by atoms with E-state index < -0.39 is 0 Å². The van der Waals surface area contributed by atoms with Crippen LogP contribution in [-0.4, -0.2) is 24.3 Å². The Kier molecular flexibility index (Phi) is 2.33. The van der Waals surface area contributed by atoms with Gasteiger partial charge in [0, 0.05) is 13.0 Å². The zero-order valence-corrected chi connectivity index (χ0v) is 8.03. The Morgan fingerprint density at radius 2 is 2.00 bits per heavy atom. The van der Waals surface area contributed by atoms with Crippen LogP contribution in [0.5, 0.6) is 0 Å². The lowest BCUT2D eigenvalue weighted by Crippen LogP contribution is -2.20. The molecule has 2 nitrogen and oxygen atoms in total. The first-order valence-corrected chi connectivity index (χ1v) is 4.67. The topological polar surface area (TPSA) is 20.3 Å². The Hall–Kier alpha value is -1.22. The SMILES string of the molecule is CN1CCC(=O)C1c1ccc(F)cc1. The molecule has 1 aromatic carbocycles. The van der Waals surface area contributed by atoms with Crippen LogP contribution in [0.25, 0.3) is 0 Å². The summed E-state index contributed by atoms with van der Waals surface area (Å²) in [7, 11) is 1.92. The molecule has 1 aliphatic heterocycles. The molecule has 14 heavy (non-hydrogen) atoms. The van der Waals surface area contributed by atoms with Gasteiger partial charge in [0.2, 0.25) is 0 Å². The van der Waals surface area contributed by atoms with Crippen molar-refractivity contribution in [2.75, 3.05) is 13.6 Å². The Morgan fingerprint density at radius 1 is 1.36 bits per heavy atom. The largest absolute Gasteiger partial charge is 0.297 e. The van der Waals surface area contributed by atoms with E-state index in [1.165, 1.54) is 12.1 Å². The van der Waals surface area contributed by atoms with E-state index in [-0.39, 0.29) is 17.6 Å². The fourth-order valence-corrected chi connectivity index (χ4v) is 1.88. The Balaban J connectivity index is 2.30. The van der Waals surface area contributed by atoms with E-state index in [2.05, 4.69) is 0 Å². The van der Waals surface area contributed by atoms with Gasteiger partial charge in [-0.2, -0.15) is 0 Å². The smallest absolute Gasteiger partial charge is 0.155 e. The van der Waals surface area contributed by atoms with Crippen LogP contribution < -0.4 is 0 Å². The van der Waals surface area contributed by atoms with Gasteiger partial charge in [0.05, 0.1) is 6.04 Å². The first-order valence-electron chi connectivity index (χ1n) is 4.67. The van der Waals surface area contributed by atoms with Crippen molar-refractivity contribution < 1.29 is 9.18 Å². The molecule has 2 rings (SSSR count). The van der Waals surface area contributed by atoms with Crippen molar-refractivity contribution in [2.24, 2.45) is 0 Å². The number of likely N-dealkylation sites (N-methyl/N-ethyl adjacent to an activating group) is 1. The molecule has 1 aliphatic rings. The molecule has 1 saturated heterocycles. The van der Waals surface area contributed by atoms with Crippen LogP contribution in [0.4, 0.5) is 4.39 Å². The van der Waals surface area contributed by atoms with Gasteiger partial charge >= 0.3 is 0 Å². The van der Waals surface area contributed by atoms with E-state index in [1.54, 1.807) is 12.1 Å². The van der Waals surface area contributed by atoms with Gasteiger partial charge in [0.1, 0.15) is 5.82 Å². The Morgan fingerprint density at radius 3 is 2.50 bits per heavy atom. The number of ketones is 1. The van der Waals surface area contributed by atoms with Gasteiger partial charge in [-0.05, 0) is 24.7 Å². The molecule has 1 aromatic rings. The summed E-state index contributed by atoms with van der Waals surface area (Å²) < 4.78 is 12.7. The van der Waals surface area contributed by atoms with E-state index in [0.29, 0.717) is 6.42 Å². The summed E-state index contributed by atoms with van der Waals surface area (Å²) in [6.07, 6.45) is 0.596. The first-order chi connectivity index (χ1) is 6.68. The summed E-state index contributed by atoms with van der Waals surface area (Å²) in [6, 6.07) is 5.98. The average molecular weight is 193 g/mol. The van der Waals surface area contributed by atoms with Gasteiger partial charge in [0.25, 0.3) is 0 Å². The summed E-state index contributed by atoms with van der Waals surface area (Å²) in [4.78, 5) is 13.5. The van der Waals surface area contributed by atoms with Crippen molar-refractivity contribution in [3.8, 4) is 0 Å². The van der Waals surface area contributed by atoms with Gasteiger partial charge in [-0.1, -0.05) is 12.1 Å². The highest BCUT2D eigenvalue weighted by Crippen LogP contribution is 2.27. The van der Waals surface area contributed by atoms with Crippen molar-refractivity contribution in [1.82, 2.24) is 4.90 Å². The third kappa shape index (κ3) is 1.55. The Bertz CT molecular complexity index is 347. The zero-order chi connectivity index (χ0) is 10.1. The highest BCUT2D eigenvalue weighted by Gasteiger charge is 2.30. The third-order valence-electron chi connectivity index (χ3n) is 2.64. The second-order valence-electron chi connectivity index (χ2n) is 3.65. The molecule has 0 N–H and O–H groups in total. The van der Waals surface area contributed by atoms with E-state index in [1.807, 2.05) is 11.9 Å². The fourth-order valence-electron chi connectivity index (χ4n) is 1.88. The zero-order valence-electron chi connectivity index (χ0n) is 8.03. The first kappa shape index (κ1) is 9.34. The maximum absolute atomic E-state index is 12.7. The second-order valence-corrected chi connectivity index (χ2v) is 3.65. The quantitative estimate of drug-likeness (QED) is 0.677. The van der Waals surface area contributed by atoms with Crippen LogP contribution in [0.1, 0.15) is 18.0 Å². The van der Waals surface area contributed by atoms with Crippen LogP contribution in [0.3, 0.4) is 0 Å². The number of Topliss-reactive ketones (excluding diaryl/α,β-unsaturated/α-hetero) is 1. The van der Waals surface area contributed by atoms with E-state index in [9.17, 15) is 9.18 Å². The van der Waals surface area contributed by atoms with Crippen molar-refractivity contribution in [3.05, 3.63) is 35.6 Å².